The highest BCUT2D eigenvalue weighted by atomic mass is 35.5. The summed E-state index contributed by atoms with van der Waals surface area (Å²) < 4.78 is 33.3. The van der Waals surface area contributed by atoms with Crippen LogP contribution in [-0.2, 0) is 4.74 Å². The van der Waals surface area contributed by atoms with Crippen LogP contribution in [0.2, 0.25) is 0 Å². The Labute approximate surface area is 133 Å². The molecule has 0 saturated carbocycles. The van der Waals surface area contributed by atoms with Gasteiger partial charge in [-0.15, -0.1) is 0 Å². The lowest BCUT2D eigenvalue weighted by Gasteiger charge is -2.26. The van der Waals surface area contributed by atoms with Crippen molar-refractivity contribution < 1.29 is 22.1 Å². The van der Waals surface area contributed by atoms with Crippen LogP contribution in [0.1, 0.15) is 14.7 Å². The first-order chi connectivity index (χ1) is 11.0. The number of nitrogens with zero attached hydrogens (tertiary/aromatic N) is 2. The SMILES string of the molecule is [2H]C([2H])(O)[C@H]1O[C@@H](n2c(C)cc(N)nc2=O)C(Cl)(C#CCF)[C@H]1O. The lowest BCUT2D eigenvalue weighted by Crippen LogP contribution is -2.44. The highest BCUT2D eigenvalue weighted by molar-refractivity contribution is 6.27. The molecule has 7 nitrogen and oxygen atoms in total. The number of ether oxygens (including phenoxy) is 1. The highest BCUT2D eigenvalue weighted by Crippen LogP contribution is 2.43. The molecule has 4 atom stereocenters. The number of nitrogens with two attached hydrogens (primary N) is 1. The van der Waals surface area contributed by atoms with Crippen LogP contribution >= 0.6 is 11.6 Å². The third-order valence-electron chi connectivity index (χ3n) is 3.23. The molecule has 1 aliphatic heterocycles. The zero-order valence-corrected chi connectivity index (χ0v) is 12.2. The van der Waals surface area contributed by atoms with Gasteiger partial charge in [-0.25, -0.2) is 9.18 Å². The van der Waals surface area contributed by atoms with Crippen LogP contribution in [0.4, 0.5) is 10.2 Å². The van der Waals surface area contributed by atoms with Crippen LogP contribution in [0.25, 0.3) is 0 Å². The molecule has 0 aromatic carbocycles. The lowest BCUT2D eigenvalue weighted by molar-refractivity contribution is -0.0470. The average Bonchev–Trinajstić information content (AvgIpc) is 2.69. The van der Waals surface area contributed by atoms with E-state index in [1.54, 1.807) is 0 Å². The van der Waals surface area contributed by atoms with E-state index in [1.165, 1.54) is 13.0 Å². The fraction of sp³-hybridized carbons (Fsp3) is 0.538. The number of aromatic nitrogens is 2. The molecule has 0 radical (unpaired) electrons. The molecule has 0 aliphatic carbocycles. The van der Waals surface area contributed by atoms with E-state index in [2.05, 4.69) is 10.9 Å². The van der Waals surface area contributed by atoms with Crippen molar-refractivity contribution in [3.05, 3.63) is 22.2 Å². The number of aliphatic hydroxyl groups excluding tert-OH is 1. The quantitative estimate of drug-likeness (QED) is 0.489. The van der Waals surface area contributed by atoms with Gasteiger partial charge in [-0.3, -0.25) is 4.57 Å². The number of hydrogen-bond donors (Lipinski definition) is 3. The second-order valence-electron chi connectivity index (χ2n) is 4.66. The van der Waals surface area contributed by atoms with Crippen LogP contribution in [-0.4, -0.2) is 50.1 Å². The van der Waals surface area contributed by atoms with E-state index in [0.29, 0.717) is 0 Å². The molecule has 1 fully saturated rings. The minimum Gasteiger partial charge on any atom is -0.394 e. The molecule has 0 bridgehead atoms. The summed E-state index contributed by atoms with van der Waals surface area (Å²) in [6, 6.07) is 1.33. The van der Waals surface area contributed by atoms with E-state index in [1.807, 2.05) is 5.92 Å². The van der Waals surface area contributed by atoms with Gasteiger partial charge in [0.05, 0.1) is 9.30 Å². The molecule has 22 heavy (non-hydrogen) atoms. The van der Waals surface area contributed by atoms with Gasteiger partial charge in [0.25, 0.3) is 0 Å². The van der Waals surface area contributed by atoms with Crippen molar-refractivity contribution in [1.29, 1.82) is 0 Å². The first kappa shape index (κ1) is 14.0. The molecule has 2 heterocycles. The maximum atomic E-state index is 12.4. The molecule has 2 rings (SSSR count). The molecule has 120 valence electrons. The van der Waals surface area contributed by atoms with Crippen LogP contribution in [0, 0.1) is 18.8 Å². The topological polar surface area (TPSA) is 111 Å². The lowest BCUT2D eigenvalue weighted by atomic mass is 9.99. The van der Waals surface area contributed by atoms with Gasteiger partial charge in [0.15, 0.2) is 11.1 Å². The molecule has 0 amide bonds. The van der Waals surface area contributed by atoms with E-state index in [-0.39, 0.29) is 11.5 Å². The molecule has 0 spiro atoms. The fourth-order valence-electron chi connectivity index (χ4n) is 2.25. The monoisotopic (exact) mass is 333 g/mol. The highest BCUT2D eigenvalue weighted by Gasteiger charge is 2.56. The summed E-state index contributed by atoms with van der Waals surface area (Å²) in [7, 11) is 0. The van der Waals surface area contributed by atoms with Crippen LogP contribution < -0.4 is 11.4 Å². The molecule has 1 unspecified atom stereocenters. The third kappa shape index (κ3) is 2.68. The first-order valence-corrected chi connectivity index (χ1v) is 6.56. The Hall–Kier alpha value is -1.66. The Kier molecular flexibility index (Phi) is 3.95. The van der Waals surface area contributed by atoms with Crippen molar-refractivity contribution >= 4 is 17.4 Å². The Morgan fingerprint density at radius 3 is 3.00 bits per heavy atom. The summed E-state index contributed by atoms with van der Waals surface area (Å²) in [6.07, 6.45) is -5.20. The Bertz CT molecular complexity index is 760. The fourth-order valence-corrected chi connectivity index (χ4v) is 2.58. The van der Waals surface area contributed by atoms with E-state index in [4.69, 9.17) is 24.8 Å². The zero-order valence-electron chi connectivity index (χ0n) is 13.5. The van der Waals surface area contributed by atoms with Gasteiger partial charge < -0.3 is 20.7 Å². The number of halogens is 2. The van der Waals surface area contributed by atoms with E-state index < -0.39 is 42.2 Å². The predicted octanol–water partition coefficient (Wildman–Crippen LogP) is -0.665. The summed E-state index contributed by atoms with van der Waals surface area (Å²) >= 11 is 6.27. The van der Waals surface area contributed by atoms with Crippen molar-refractivity contribution in [2.24, 2.45) is 0 Å². The van der Waals surface area contributed by atoms with E-state index in [0.717, 1.165) is 4.57 Å². The van der Waals surface area contributed by atoms with Gasteiger partial charge >= 0.3 is 5.69 Å². The minimum atomic E-state index is -2.98. The van der Waals surface area contributed by atoms with Crippen molar-refractivity contribution in [2.75, 3.05) is 19.0 Å². The number of aryl methyl sites for hydroxylation is 1. The number of nitrogen functional groups attached to an aromatic ring is 1. The van der Waals surface area contributed by atoms with Gasteiger partial charge in [-0.05, 0) is 13.0 Å². The Balaban J connectivity index is 2.64. The Morgan fingerprint density at radius 2 is 2.45 bits per heavy atom. The first-order valence-electron chi connectivity index (χ1n) is 7.19. The van der Waals surface area contributed by atoms with E-state index >= 15 is 0 Å². The molecule has 1 saturated heterocycles. The van der Waals surface area contributed by atoms with Gasteiger partial charge in [-0.2, -0.15) is 4.98 Å². The van der Waals surface area contributed by atoms with E-state index in [9.17, 15) is 19.4 Å². The van der Waals surface area contributed by atoms with Crippen LogP contribution in [0.5, 0.6) is 0 Å². The molecule has 1 aromatic rings. The molecule has 9 heteroatoms. The molecule has 4 N–H and O–H groups in total. The van der Waals surface area contributed by atoms with Crippen molar-refractivity contribution in [3.8, 4) is 11.8 Å². The van der Waals surface area contributed by atoms with Crippen molar-refractivity contribution in [1.82, 2.24) is 9.55 Å². The second kappa shape index (κ2) is 6.22. The predicted molar refractivity (Wildman–Crippen MR) is 77.0 cm³/mol. The van der Waals surface area contributed by atoms with Crippen LogP contribution in [0.15, 0.2) is 10.9 Å². The summed E-state index contributed by atoms with van der Waals surface area (Å²) in [5, 5.41) is 19.8. The van der Waals surface area contributed by atoms with Gasteiger partial charge in [0.2, 0.25) is 0 Å². The maximum absolute atomic E-state index is 12.4. The standard InChI is InChI=1S/C13H15ClFN3O4/c1-7-5-9(16)17-12(21)18(7)11-13(14,3-2-4-15)10(20)8(6-19)22-11/h5,8,10-11,19-20H,4,6H2,1H3,(H2,16,17,21)/t8-,10+,11-,13?/m1/s1/i6D2. The number of aliphatic hydroxyl groups is 2. The van der Waals surface area contributed by atoms with Crippen LogP contribution in [0.3, 0.4) is 0 Å². The number of anilines is 1. The number of rotatable bonds is 2. The zero-order chi connectivity index (χ0) is 18.3. The smallest absolute Gasteiger partial charge is 0.351 e. The van der Waals surface area contributed by atoms with Crippen molar-refractivity contribution in [3.63, 3.8) is 0 Å². The number of alkyl halides is 2. The van der Waals surface area contributed by atoms with Crippen molar-refractivity contribution in [2.45, 2.75) is 30.2 Å². The summed E-state index contributed by atoms with van der Waals surface area (Å²) in [5.41, 5.74) is 4.84. The third-order valence-corrected chi connectivity index (χ3v) is 3.73. The minimum absolute atomic E-state index is 0.0589. The van der Waals surface area contributed by atoms with Gasteiger partial charge in [0.1, 0.15) is 24.7 Å². The number of hydrogen-bond acceptors (Lipinski definition) is 6. The Morgan fingerprint density at radius 1 is 1.77 bits per heavy atom. The molecular formula is C13H15ClFN3O4. The summed E-state index contributed by atoms with van der Waals surface area (Å²) in [6.45, 7) is -2.58. The molecule has 1 aromatic heterocycles. The maximum Gasteiger partial charge on any atom is 0.351 e. The average molecular weight is 334 g/mol. The molecular weight excluding hydrogens is 317 g/mol. The largest absolute Gasteiger partial charge is 0.394 e. The molecule has 1 aliphatic rings. The summed E-state index contributed by atoms with van der Waals surface area (Å²) in [4.78, 5) is 13.6. The normalized spacial score (nSPS) is 32.9. The van der Waals surface area contributed by atoms with Gasteiger partial charge in [-0.1, -0.05) is 23.4 Å². The summed E-state index contributed by atoms with van der Waals surface area (Å²) in [5.74, 6) is 4.22. The second-order valence-corrected chi connectivity index (χ2v) is 5.29. The van der Waals surface area contributed by atoms with Gasteiger partial charge in [0, 0.05) is 5.69 Å².